The highest BCUT2D eigenvalue weighted by molar-refractivity contribution is 7.92. The van der Waals surface area contributed by atoms with Crippen molar-refractivity contribution in [3.05, 3.63) is 60.5 Å². The van der Waals surface area contributed by atoms with Crippen LogP contribution in [0.5, 0.6) is 0 Å². The molecule has 0 radical (unpaired) electrons. The molecule has 0 spiro atoms. The van der Waals surface area contributed by atoms with Gasteiger partial charge in [-0.25, -0.2) is 22.5 Å². The average Bonchev–Trinajstić information content (AvgIpc) is 3.20. The first kappa shape index (κ1) is 24.1. The highest BCUT2D eigenvalue weighted by Gasteiger charge is 2.20. The molecule has 1 aliphatic rings. The van der Waals surface area contributed by atoms with E-state index in [4.69, 9.17) is 4.74 Å². The van der Waals surface area contributed by atoms with Gasteiger partial charge < -0.3 is 10.1 Å². The molecule has 36 heavy (non-hydrogen) atoms. The Bertz CT molecular complexity index is 1490. The summed E-state index contributed by atoms with van der Waals surface area (Å²) in [5.41, 5.74) is 2.22. The van der Waals surface area contributed by atoms with Crippen molar-refractivity contribution >= 4 is 32.7 Å². The van der Waals surface area contributed by atoms with E-state index >= 15 is 0 Å². The van der Waals surface area contributed by atoms with Crippen molar-refractivity contribution in [2.45, 2.75) is 4.90 Å². The predicted octanol–water partition coefficient (Wildman–Crippen LogP) is 2.71. The second-order valence-electron chi connectivity index (χ2n) is 8.40. The number of nitrogens with one attached hydrogen (secondary N) is 2. The van der Waals surface area contributed by atoms with Gasteiger partial charge in [0.05, 0.1) is 18.6 Å². The van der Waals surface area contributed by atoms with Crippen LogP contribution in [-0.4, -0.2) is 72.5 Å². The summed E-state index contributed by atoms with van der Waals surface area (Å²) >= 11 is 0. The Morgan fingerprint density at radius 2 is 1.92 bits per heavy atom. The predicted molar refractivity (Wildman–Crippen MR) is 135 cm³/mol. The van der Waals surface area contributed by atoms with Crippen LogP contribution in [0.15, 0.2) is 59.6 Å². The van der Waals surface area contributed by atoms with E-state index in [-0.39, 0.29) is 5.69 Å². The maximum atomic E-state index is 14.1. The molecule has 0 saturated carbocycles. The van der Waals surface area contributed by atoms with Crippen LogP contribution in [0.2, 0.25) is 0 Å². The number of nitrogens with zero attached hydrogens (tertiary/aromatic N) is 5. The second kappa shape index (κ2) is 10.2. The van der Waals surface area contributed by atoms with Crippen LogP contribution in [0.1, 0.15) is 0 Å². The molecule has 12 heteroatoms. The molecular weight excluding hydrogens is 485 g/mol. The third-order valence-corrected chi connectivity index (χ3v) is 7.32. The zero-order chi connectivity index (χ0) is 25.1. The normalized spacial score (nSPS) is 14.7. The average molecular weight is 512 g/mol. The topological polar surface area (TPSA) is 114 Å². The minimum Gasteiger partial charge on any atom is -0.379 e. The third kappa shape index (κ3) is 5.15. The van der Waals surface area contributed by atoms with Gasteiger partial charge in [-0.3, -0.25) is 9.62 Å². The quantitative estimate of drug-likeness (QED) is 0.371. The van der Waals surface area contributed by atoms with Crippen molar-refractivity contribution < 1.29 is 17.5 Å². The number of sulfonamides is 1. The Kier molecular flexibility index (Phi) is 6.81. The van der Waals surface area contributed by atoms with Crippen LogP contribution >= 0.6 is 0 Å². The molecule has 4 aromatic rings. The van der Waals surface area contributed by atoms with Gasteiger partial charge in [0.15, 0.2) is 5.65 Å². The SMILES string of the molecule is Cn1nc(-c2cccc(NS(=O)(=O)c3ccccc3F)c2)c2cnc(NCCN3CCOCC3)nc21. The number of hydrogen-bond donors (Lipinski definition) is 2. The first-order valence-corrected chi connectivity index (χ1v) is 13.0. The van der Waals surface area contributed by atoms with Crippen LogP contribution in [0.4, 0.5) is 16.0 Å². The fourth-order valence-electron chi connectivity index (χ4n) is 4.09. The Morgan fingerprint density at radius 1 is 1.11 bits per heavy atom. The number of fused-ring (bicyclic) bond motifs is 1. The molecule has 2 aromatic heterocycles. The van der Waals surface area contributed by atoms with Gasteiger partial charge in [0.1, 0.15) is 16.4 Å². The van der Waals surface area contributed by atoms with Gasteiger partial charge in [0.25, 0.3) is 10.0 Å². The summed E-state index contributed by atoms with van der Waals surface area (Å²) in [7, 11) is -2.30. The van der Waals surface area contributed by atoms with Gasteiger partial charge in [-0.1, -0.05) is 24.3 Å². The fraction of sp³-hybridized carbons (Fsp3) is 0.292. The van der Waals surface area contributed by atoms with Gasteiger partial charge >= 0.3 is 0 Å². The maximum Gasteiger partial charge on any atom is 0.264 e. The minimum atomic E-state index is -4.10. The number of hydrogen-bond acceptors (Lipinski definition) is 8. The molecule has 2 aromatic carbocycles. The minimum absolute atomic E-state index is 0.289. The lowest BCUT2D eigenvalue weighted by molar-refractivity contribution is 0.0398. The van der Waals surface area contributed by atoms with E-state index in [1.165, 1.54) is 18.2 Å². The Morgan fingerprint density at radius 3 is 2.72 bits per heavy atom. The number of aryl methyl sites for hydroxylation is 1. The van der Waals surface area contributed by atoms with E-state index in [1.54, 1.807) is 36.1 Å². The van der Waals surface area contributed by atoms with Crippen LogP contribution in [0.25, 0.3) is 22.3 Å². The van der Waals surface area contributed by atoms with E-state index in [0.717, 1.165) is 44.3 Å². The number of anilines is 2. The van der Waals surface area contributed by atoms with Crippen molar-refractivity contribution in [3.63, 3.8) is 0 Å². The molecule has 0 bridgehead atoms. The monoisotopic (exact) mass is 511 g/mol. The van der Waals surface area contributed by atoms with Gasteiger partial charge in [-0.15, -0.1) is 0 Å². The summed E-state index contributed by atoms with van der Waals surface area (Å²) in [5, 5.41) is 8.58. The first-order valence-electron chi connectivity index (χ1n) is 11.5. The Balaban J connectivity index is 1.35. The summed E-state index contributed by atoms with van der Waals surface area (Å²) in [4.78, 5) is 11.0. The molecule has 3 heterocycles. The molecular formula is C24H26FN7O3S. The fourth-order valence-corrected chi connectivity index (χ4v) is 5.22. The van der Waals surface area contributed by atoms with E-state index in [0.29, 0.717) is 29.4 Å². The summed E-state index contributed by atoms with van der Waals surface area (Å²) in [5.74, 6) is -0.305. The summed E-state index contributed by atoms with van der Waals surface area (Å²) < 4.78 is 48.9. The molecule has 188 valence electrons. The molecule has 2 N–H and O–H groups in total. The number of aromatic nitrogens is 4. The van der Waals surface area contributed by atoms with Crippen molar-refractivity contribution in [3.8, 4) is 11.3 Å². The van der Waals surface area contributed by atoms with E-state index in [2.05, 4.69) is 30.0 Å². The van der Waals surface area contributed by atoms with Gasteiger partial charge in [0, 0.05) is 50.7 Å². The molecule has 0 atom stereocenters. The lowest BCUT2D eigenvalue weighted by atomic mass is 10.1. The zero-order valence-corrected chi connectivity index (χ0v) is 20.5. The molecule has 0 unspecified atom stereocenters. The lowest BCUT2D eigenvalue weighted by Crippen LogP contribution is -2.39. The number of benzene rings is 2. The Hall–Kier alpha value is -3.61. The largest absolute Gasteiger partial charge is 0.379 e. The first-order chi connectivity index (χ1) is 17.4. The summed E-state index contributed by atoms with van der Waals surface area (Å²) in [6.07, 6.45) is 1.71. The van der Waals surface area contributed by atoms with E-state index in [9.17, 15) is 12.8 Å². The van der Waals surface area contributed by atoms with Gasteiger partial charge in [0.2, 0.25) is 5.95 Å². The third-order valence-electron chi connectivity index (χ3n) is 5.91. The smallest absolute Gasteiger partial charge is 0.264 e. The van der Waals surface area contributed by atoms with Crippen molar-refractivity contribution in [2.75, 3.05) is 49.4 Å². The zero-order valence-electron chi connectivity index (χ0n) is 19.7. The molecule has 0 aliphatic carbocycles. The number of morpholine rings is 1. The van der Waals surface area contributed by atoms with E-state index in [1.807, 2.05) is 6.07 Å². The summed E-state index contributed by atoms with van der Waals surface area (Å²) in [6, 6.07) is 12.0. The van der Waals surface area contributed by atoms with Crippen LogP contribution < -0.4 is 10.0 Å². The van der Waals surface area contributed by atoms with Gasteiger partial charge in [-0.2, -0.15) is 10.1 Å². The van der Waals surface area contributed by atoms with Crippen LogP contribution in [0.3, 0.4) is 0 Å². The van der Waals surface area contributed by atoms with Crippen molar-refractivity contribution in [1.82, 2.24) is 24.6 Å². The Labute approximate surface area is 208 Å². The maximum absolute atomic E-state index is 14.1. The number of rotatable bonds is 8. The van der Waals surface area contributed by atoms with Crippen LogP contribution in [0, 0.1) is 5.82 Å². The molecule has 10 nitrogen and oxygen atoms in total. The van der Waals surface area contributed by atoms with Crippen LogP contribution in [-0.2, 0) is 21.8 Å². The second-order valence-corrected chi connectivity index (χ2v) is 10.1. The standard InChI is InChI=1S/C24H26FN7O3S/c1-31-23-19(16-27-24(28-23)26-9-10-32-11-13-35-14-12-32)22(29-31)17-5-4-6-18(15-17)30-36(33,34)21-8-3-2-7-20(21)25/h2-8,15-16,30H,9-14H2,1H3,(H,26,27,28). The number of ether oxygens (including phenoxy) is 1. The molecule has 5 rings (SSSR count). The van der Waals surface area contributed by atoms with Crippen molar-refractivity contribution in [1.29, 1.82) is 0 Å². The number of halogens is 1. The summed E-state index contributed by atoms with van der Waals surface area (Å²) in [6.45, 7) is 4.93. The highest BCUT2D eigenvalue weighted by Crippen LogP contribution is 2.29. The highest BCUT2D eigenvalue weighted by atomic mass is 32.2. The van der Waals surface area contributed by atoms with E-state index < -0.39 is 20.7 Å². The lowest BCUT2D eigenvalue weighted by Gasteiger charge is -2.26. The van der Waals surface area contributed by atoms with Gasteiger partial charge in [-0.05, 0) is 24.3 Å². The van der Waals surface area contributed by atoms with Crippen molar-refractivity contribution in [2.24, 2.45) is 7.05 Å². The molecule has 1 saturated heterocycles. The molecule has 1 aliphatic heterocycles. The molecule has 0 amide bonds. The molecule has 1 fully saturated rings.